The fraction of sp³-hybridized carbons (Fsp3) is 0.385. The van der Waals surface area contributed by atoms with Crippen LogP contribution in [0.2, 0.25) is 0 Å². The summed E-state index contributed by atoms with van der Waals surface area (Å²) in [4.78, 5) is 22.8. The molecule has 0 aliphatic rings. The number of hydrogen-bond acceptors (Lipinski definition) is 4. The van der Waals surface area contributed by atoms with Gasteiger partial charge in [-0.1, -0.05) is 0 Å². The van der Waals surface area contributed by atoms with Gasteiger partial charge in [0, 0.05) is 19.6 Å². The zero-order valence-corrected chi connectivity index (χ0v) is 10.8. The molecule has 0 saturated heterocycles. The number of amides is 2. The molecule has 0 aliphatic heterocycles. The van der Waals surface area contributed by atoms with Crippen LogP contribution in [0.4, 0.5) is 5.69 Å². The summed E-state index contributed by atoms with van der Waals surface area (Å²) in [5, 5.41) is 11.9. The summed E-state index contributed by atoms with van der Waals surface area (Å²) in [7, 11) is 0. The lowest BCUT2D eigenvalue weighted by Gasteiger charge is -2.09. The molecule has 104 valence electrons. The minimum atomic E-state index is -0.708. The van der Waals surface area contributed by atoms with Crippen molar-refractivity contribution >= 4 is 17.5 Å². The summed E-state index contributed by atoms with van der Waals surface area (Å²) in [6.45, 7) is 3.02. The van der Waals surface area contributed by atoms with E-state index in [1.807, 2.05) is 6.92 Å². The number of aromatic hydroxyl groups is 1. The Morgan fingerprint density at radius 1 is 1.42 bits per heavy atom. The highest BCUT2D eigenvalue weighted by molar-refractivity contribution is 6.03. The van der Waals surface area contributed by atoms with Gasteiger partial charge in [-0.3, -0.25) is 9.59 Å². The molecule has 0 aromatic heterocycles. The quantitative estimate of drug-likeness (QED) is 0.510. The Morgan fingerprint density at radius 2 is 2.16 bits per heavy atom. The minimum absolute atomic E-state index is 0.0804. The van der Waals surface area contributed by atoms with E-state index in [-0.39, 0.29) is 17.2 Å². The molecule has 0 saturated carbocycles. The van der Waals surface area contributed by atoms with E-state index in [1.54, 1.807) is 0 Å². The number of carbonyl (C=O) groups excluding carboxylic acids is 2. The number of ether oxygens (including phenoxy) is 1. The van der Waals surface area contributed by atoms with Crippen molar-refractivity contribution in [3.05, 3.63) is 23.8 Å². The highest BCUT2D eigenvalue weighted by Gasteiger charge is 2.11. The maximum Gasteiger partial charge on any atom is 0.250 e. The van der Waals surface area contributed by atoms with Crippen LogP contribution in [0.25, 0.3) is 0 Å². The topological polar surface area (TPSA) is 102 Å². The molecule has 1 aromatic rings. The maximum absolute atomic E-state index is 11.7. The largest absolute Gasteiger partial charge is 0.508 e. The minimum Gasteiger partial charge on any atom is -0.508 e. The molecule has 6 heteroatoms. The van der Waals surface area contributed by atoms with E-state index in [1.165, 1.54) is 18.2 Å². The highest BCUT2D eigenvalue weighted by Crippen LogP contribution is 2.21. The Morgan fingerprint density at radius 3 is 2.79 bits per heavy atom. The number of anilines is 1. The molecule has 2 amide bonds. The third-order valence-electron chi connectivity index (χ3n) is 2.44. The van der Waals surface area contributed by atoms with Gasteiger partial charge in [-0.25, -0.2) is 0 Å². The van der Waals surface area contributed by atoms with E-state index in [0.29, 0.717) is 31.7 Å². The van der Waals surface area contributed by atoms with Gasteiger partial charge < -0.3 is 20.9 Å². The third kappa shape index (κ3) is 4.97. The number of nitrogens with one attached hydrogen (secondary N) is 1. The second-order valence-corrected chi connectivity index (χ2v) is 3.94. The Labute approximate surface area is 111 Å². The smallest absolute Gasteiger partial charge is 0.250 e. The summed E-state index contributed by atoms with van der Waals surface area (Å²) in [5.74, 6) is -1.02. The summed E-state index contributed by atoms with van der Waals surface area (Å²) in [5.41, 5.74) is 5.56. The van der Waals surface area contributed by atoms with Gasteiger partial charge in [-0.2, -0.15) is 0 Å². The molecule has 0 heterocycles. The van der Waals surface area contributed by atoms with Crippen molar-refractivity contribution in [2.75, 3.05) is 18.5 Å². The number of benzene rings is 1. The van der Waals surface area contributed by atoms with E-state index in [0.717, 1.165) is 0 Å². The van der Waals surface area contributed by atoms with Gasteiger partial charge in [0.1, 0.15) is 5.75 Å². The van der Waals surface area contributed by atoms with Crippen molar-refractivity contribution in [3.63, 3.8) is 0 Å². The van der Waals surface area contributed by atoms with Crippen molar-refractivity contribution in [1.82, 2.24) is 0 Å². The monoisotopic (exact) mass is 266 g/mol. The molecule has 1 aromatic carbocycles. The van der Waals surface area contributed by atoms with Crippen molar-refractivity contribution in [1.29, 1.82) is 0 Å². The highest BCUT2D eigenvalue weighted by atomic mass is 16.5. The molecule has 0 fully saturated rings. The van der Waals surface area contributed by atoms with Gasteiger partial charge in [0.25, 0.3) is 5.91 Å². The summed E-state index contributed by atoms with van der Waals surface area (Å²) >= 11 is 0. The first-order valence-corrected chi connectivity index (χ1v) is 6.05. The van der Waals surface area contributed by atoms with Gasteiger partial charge in [-0.15, -0.1) is 0 Å². The number of carbonyl (C=O) groups is 2. The van der Waals surface area contributed by atoms with Crippen LogP contribution in [0.3, 0.4) is 0 Å². The third-order valence-corrected chi connectivity index (χ3v) is 2.44. The molecule has 0 radical (unpaired) electrons. The van der Waals surface area contributed by atoms with Gasteiger partial charge in [0.05, 0.1) is 11.3 Å². The lowest BCUT2D eigenvalue weighted by Crippen LogP contribution is -2.18. The van der Waals surface area contributed by atoms with Crippen LogP contribution in [-0.4, -0.2) is 30.1 Å². The first-order chi connectivity index (χ1) is 9.04. The molecule has 0 spiro atoms. The Bertz CT molecular complexity index is 460. The van der Waals surface area contributed by atoms with Crippen LogP contribution in [-0.2, 0) is 9.53 Å². The van der Waals surface area contributed by atoms with Gasteiger partial charge in [-0.05, 0) is 31.5 Å². The standard InChI is InChI=1S/C13H18N2O4/c1-2-19-7-3-4-12(17)15-11-6-5-9(16)8-10(11)13(14)18/h5-6,8,16H,2-4,7H2,1H3,(H2,14,18)(H,15,17). The zero-order chi connectivity index (χ0) is 14.3. The number of nitrogens with two attached hydrogens (primary N) is 1. The Kier molecular flexibility index (Phi) is 5.81. The number of phenols is 1. The second-order valence-electron chi connectivity index (χ2n) is 3.94. The Hall–Kier alpha value is -2.08. The molecular weight excluding hydrogens is 248 g/mol. The first kappa shape index (κ1) is 15.0. The number of rotatable bonds is 7. The van der Waals surface area contributed by atoms with Crippen LogP contribution in [0.15, 0.2) is 18.2 Å². The first-order valence-electron chi connectivity index (χ1n) is 6.05. The molecule has 6 nitrogen and oxygen atoms in total. The van der Waals surface area contributed by atoms with Crippen LogP contribution >= 0.6 is 0 Å². The molecule has 19 heavy (non-hydrogen) atoms. The second kappa shape index (κ2) is 7.38. The van der Waals surface area contributed by atoms with Crippen molar-refractivity contribution in [2.45, 2.75) is 19.8 Å². The number of phenolic OH excluding ortho intramolecular Hbond substituents is 1. The predicted molar refractivity (Wildman–Crippen MR) is 71.0 cm³/mol. The van der Waals surface area contributed by atoms with Gasteiger partial charge >= 0.3 is 0 Å². The summed E-state index contributed by atoms with van der Waals surface area (Å²) < 4.78 is 5.12. The average Bonchev–Trinajstić information content (AvgIpc) is 2.36. The molecule has 0 unspecified atom stereocenters. The SMILES string of the molecule is CCOCCCC(=O)Nc1ccc(O)cc1C(N)=O. The van der Waals surface area contributed by atoms with Gasteiger partial charge in [0.2, 0.25) is 5.91 Å². The predicted octanol–water partition coefficient (Wildman–Crippen LogP) is 1.25. The molecule has 4 N–H and O–H groups in total. The normalized spacial score (nSPS) is 10.2. The van der Waals surface area contributed by atoms with E-state index in [9.17, 15) is 14.7 Å². The fourth-order valence-electron chi connectivity index (χ4n) is 1.54. The van der Waals surface area contributed by atoms with E-state index in [2.05, 4.69) is 5.32 Å². The van der Waals surface area contributed by atoms with Crippen LogP contribution < -0.4 is 11.1 Å². The number of hydrogen-bond donors (Lipinski definition) is 3. The molecule has 0 atom stereocenters. The van der Waals surface area contributed by atoms with Crippen LogP contribution in [0.1, 0.15) is 30.1 Å². The fourth-order valence-corrected chi connectivity index (χ4v) is 1.54. The molecule has 1 rings (SSSR count). The summed E-state index contributed by atoms with van der Waals surface area (Å²) in [6, 6.07) is 4.04. The zero-order valence-electron chi connectivity index (χ0n) is 10.8. The lowest BCUT2D eigenvalue weighted by atomic mass is 10.1. The van der Waals surface area contributed by atoms with Crippen molar-refractivity contribution < 1.29 is 19.4 Å². The van der Waals surface area contributed by atoms with Gasteiger partial charge in [0.15, 0.2) is 0 Å². The molecule has 0 bridgehead atoms. The van der Waals surface area contributed by atoms with Crippen molar-refractivity contribution in [2.24, 2.45) is 5.73 Å². The van der Waals surface area contributed by atoms with Crippen LogP contribution in [0.5, 0.6) is 5.75 Å². The van der Waals surface area contributed by atoms with Crippen molar-refractivity contribution in [3.8, 4) is 5.75 Å². The molecule has 0 aliphatic carbocycles. The van der Waals surface area contributed by atoms with E-state index in [4.69, 9.17) is 10.5 Å². The van der Waals surface area contributed by atoms with E-state index < -0.39 is 5.91 Å². The summed E-state index contributed by atoms with van der Waals surface area (Å²) in [6.07, 6.45) is 0.892. The maximum atomic E-state index is 11.7. The average molecular weight is 266 g/mol. The van der Waals surface area contributed by atoms with E-state index >= 15 is 0 Å². The lowest BCUT2D eigenvalue weighted by molar-refractivity contribution is -0.116. The Balaban J connectivity index is 2.61. The number of primary amides is 1. The van der Waals surface area contributed by atoms with Crippen LogP contribution in [0, 0.1) is 0 Å². The molecular formula is C13H18N2O4.